The Bertz CT molecular complexity index is 532. The van der Waals surface area contributed by atoms with Crippen LogP contribution in [0, 0.1) is 34.5 Å². The first-order valence-corrected chi connectivity index (χ1v) is 9.58. The van der Waals surface area contributed by atoms with Gasteiger partial charge in [-0.15, -0.1) is 0 Å². The molecule has 4 aliphatic carbocycles. The topological polar surface area (TPSA) is 66.5 Å². The molecule has 0 aromatic rings. The van der Waals surface area contributed by atoms with Crippen molar-refractivity contribution in [3.05, 3.63) is 11.6 Å². The Morgan fingerprint density at radius 1 is 1.04 bits per heavy atom. The number of rotatable bonds is 0. The Morgan fingerprint density at radius 3 is 2.52 bits per heavy atom. The van der Waals surface area contributed by atoms with Crippen LogP contribution in [-0.4, -0.2) is 28.5 Å². The molecule has 0 spiro atoms. The minimum Gasteiger partial charge on any atom is -0.390 e. The predicted octanol–water partition coefficient (Wildman–Crippen LogP) is 2.85. The van der Waals surface area contributed by atoms with Crippen LogP contribution in [0.1, 0.15) is 59.3 Å². The van der Waals surface area contributed by atoms with E-state index in [4.69, 9.17) is 5.73 Å². The molecule has 3 fully saturated rings. The average Bonchev–Trinajstić information content (AvgIpc) is 2.82. The molecular formula is C20H33NO2. The van der Waals surface area contributed by atoms with E-state index in [9.17, 15) is 10.2 Å². The third-order valence-electron chi connectivity index (χ3n) is 8.76. The van der Waals surface area contributed by atoms with Gasteiger partial charge in [0, 0.05) is 6.04 Å². The Kier molecular flexibility index (Phi) is 3.54. The lowest BCUT2D eigenvalue weighted by Gasteiger charge is -2.63. The highest BCUT2D eigenvalue weighted by Crippen LogP contribution is 2.66. The van der Waals surface area contributed by atoms with E-state index in [1.54, 1.807) is 0 Å². The molecule has 3 heteroatoms. The fraction of sp³-hybridized carbons (Fsp3) is 0.900. The summed E-state index contributed by atoms with van der Waals surface area (Å²) < 4.78 is 0. The van der Waals surface area contributed by atoms with Gasteiger partial charge in [0.2, 0.25) is 0 Å². The number of hydrogen-bond acceptors (Lipinski definition) is 3. The molecule has 0 aromatic carbocycles. The molecule has 0 aromatic heterocycles. The molecule has 4 rings (SSSR count). The maximum Gasteiger partial charge on any atom is 0.0836 e. The largest absolute Gasteiger partial charge is 0.390 e. The van der Waals surface area contributed by atoms with Gasteiger partial charge < -0.3 is 15.9 Å². The van der Waals surface area contributed by atoms with Crippen molar-refractivity contribution in [1.29, 1.82) is 0 Å². The van der Waals surface area contributed by atoms with Gasteiger partial charge in [-0.2, -0.15) is 0 Å². The molecule has 0 radical (unpaired) electrons. The minimum atomic E-state index is -0.601. The first-order chi connectivity index (χ1) is 10.8. The second-order valence-electron chi connectivity index (χ2n) is 9.50. The lowest BCUT2D eigenvalue weighted by Crippen LogP contribution is -2.64. The maximum absolute atomic E-state index is 11.0. The summed E-state index contributed by atoms with van der Waals surface area (Å²) in [6.07, 6.45) is 7.76. The molecule has 9 atom stereocenters. The van der Waals surface area contributed by atoms with E-state index in [1.165, 1.54) is 18.4 Å². The van der Waals surface area contributed by atoms with Crippen LogP contribution in [0.15, 0.2) is 11.6 Å². The second kappa shape index (κ2) is 5.06. The van der Waals surface area contributed by atoms with E-state index >= 15 is 0 Å². The predicted molar refractivity (Wildman–Crippen MR) is 91.6 cm³/mol. The van der Waals surface area contributed by atoms with Crippen LogP contribution in [-0.2, 0) is 0 Å². The average molecular weight is 319 g/mol. The highest BCUT2D eigenvalue weighted by Gasteiger charge is 2.63. The second-order valence-corrected chi connectivity index (χ2v) is 9.50. The zero-order valence-electron chi connectivity index (χ0n) is 14.8. The van der Waals surface area contributed by atoms with E-state index in [0.717, 1.165) is 25.7 Å². The first kappa shape index (κ1) is 16.1. The number of nitrogens with two attached hydrogens (primary N) is 1. The summed E-state index contributed by atoms with van der Waals surface area (Å²) in [4.78, 5) is 0. The molecule has 0 aliphatic heterocycles. The van der Waals surface area contributed by atoms with E-state index in [0.29, 0.717) is 11.8 Å². The van der Waals surface area contributed by atoms with E-state index in [2.05, 4.69) is 26.8 Å². The monoisotopic (exact) mass is 319 g/mol. The van der Waals surface area contributed by atoms with Gasteiger partial charge in [0.15, 0.2) is 0 Å². The van der Waals surface area contributed by atoms with Gasteiger partial charge in [-0.3, -0.25) is 0 Å². The van der Waals surface area contributed by atoms with Gasteiger partial charge in [0.05, 0.1) is 12.2 Å². The molecular weight excluding hydrogens is 286 g/mol. The Balaban J connectivity index is 1.72. The maximum atomic E-state index is 11.0. The molecule has 3 saturated carbocycles. The first-order valence-electron chi connectivity index (χ1n) is 9.58. The Hall–Kier alpha value is -0.380. The SMILES string of the molecule is CC1=CCC2C3C(CC[C@]12C)[C@@]1(C)CC[C@H](N)CC1[C@@H](O)[C@@H]3O. The van der Waals surface area contributed by atoms with Gasteiger partial charge in [-0.1, -0.05) is 25.5 Å². The summed E-state index contributed by atoms with van der Waals surface area (Å²) in [7, 11) is 0. The highest BCUT2D eigenvalue weighted by molar-refractivity contribution is 5.25. The fourth-order valence-electron chi connectivity index (χ4n) is 7.08. The summed E-state index contributed by atoms with van der Waals surface area (Å²) in [5.41, 5.74) is 8.08. The van der Waals surface area contributed by atoms with Crippen molar-refractivity contribution in [3.8, 4) is 0 Å². The standard InChI is InChI=1S/C20H33NO2/c1-11-4-5-13-16-14(7-9-19(11,13)2)20(3)8-6-12(21)10-15(20)17(22)18(16)23/h4,12-18,22-23H,5-10,21H2,1-3H3/t12-,13?,14?,15?,16?,17+,18+,19+,20+/m0/s1. The van der Waals surface area contributed by atoms with E-state index in [1.807, 2.05) is 0 Å². The van der Waals surface area contributed by atoms with E-state index < -0.39 is 12.2 Å². The molecule has 4 aliphatic rings. The molecule has 3 nitrogen and oxygen atoms in total. The molecule has 0 saturated heterocycles. The number of fused-ring (bicyclic) bond motifs is 5. The van der Waals surface area contributed by atoms with Crippen LogP contribution < -0.4 is 5.73 Å². The van der Waals surface area contributed by atoms with Gasteiger partial charge in [-0.25, -0.2) is 0 Å². The summed E-state index contributed by atoms with van der Waals surface area (Å²) in [5, 5.41) is 22.0. The van der Waals surface area contributed by atoms with Crippen molar-refractivity contribution in [2.24, 2.45) is 40.2 Å². The summed E-state index contributed by atoms with van der Waals surface area (Å²) in [6.45, 7) is 7.03. The van der Waals surface area contributed by atoms with Crippen molar-refractivity contribution in [2.75, 3.05) is 0 Å². The van der Waals surface area contributed by atoms with Crippen LogP contribution in [0.5, 0.6) is 0 Å². The van der Waals surface area contributed by atoms with E-state index in [-0.39, 0.29) is 28.7 Å². The van der Waals surface area contributed by atoms with Crippen LogP contribution in [0.4, 0.5) is 0 Å². The number of hydrogen-bond donors (Lipinski definition) is 3. The van der Waals surface area contributed by atoms with Crippen molar-refractivity contribution in [3.63, 3.8) is 0 Å². The lowest BCUT2D eigenvalue weighted by molar-refractivity contribution is -0.211. The minimum absolute atomic E-state index is 0.150. The van der Waals surface area contributed by atoms with Crippen molar-refractivity contribution < 1.29 is 10.2 Å². The molecule has 4 unspecified atom stereocenters. The van der Waals surface area contributed by atoms with Crippen LogP contribution >= 0.6 is 0 Å². The zero-order valence-corrected chi connectivity index (χ0v) is 14.8. The third kappa shape index (κ3) is 1.99. The number of aliphatic hydroxyl groups excluding tert-OH is 2. The molecule has 0 heterocycles. The van der Waals surface area contributed by atoms with Crippen LogP contribution in [0.25, 0.3) is 0 Å². The summed E-state index contributed by atoms with van der Waals surface area (Å²) in [5.74, 6) is 1.45. The third-order valence-corrected chi connectivity index (χ3v) is 8.76. The molecule has 0 amide bonds. The number of aliphatic hydroxyl groups is 2. The van der Waals surface area contributed by atoms with Crippen molar-refractivity contribution in [2.45, 2.75) is 77.5 Å². The molecule has 130 valence electrons. The fourth-order valence-corrected chi connectivity index (χ4v) is 7.08. The Labute approximate surface area is 140 Å². The van der Waals surface area contributed by atoms with Crippen molar-refractivity contribution in [1.82, 2.24) is 0 Å². The highest BCUT2D eigenvalue weighted by atomic mass is 16.3. The summed E-state index contributed by atoms with van der Waals surface area (Å²) >= 11 is 0. The van der Waals surface area contributed by atoms with Gasteiger partial charge in [0.25, 0.3) is 0 Å². The quantitative estimate of drug-likeness (QED) is 0.602. The zero-order chi connectivity index (χ0) is 16.6. The lowest BCUT2D eigenvalue weighted by atomic mass is 9.43. The molecule has 0 bridgehead atoms. The van der Waals surface area contributed by atoms with Gasteiger partial charge >= 0.3 is 0 Å². The normalized spacial score (nSPS) is 58.9. The Morgan fingerprint density at radius 2 is 1.78 bits per heavy atom. The van der Waals surface area contributed by atoms with Crippen molar-refractivity contribution >= 4 is 0 Å². The van der Waals surface area contributed by atoms with Gasteiger partial charge in [-0.05, 0) is 80.0 Å². The smallest absolute Gasteiger partial charge is 0.0836 e. The van der Waals surface area contributed by atoms with Crippen LogP contribution in [0.3, 0.4) is 0 Å². The molecule has 4 N–H and O–H groups in total. The summed E-state index contributed by atoms with van der Waals surface area (Å²) in [6, 6.07) is 0.190. The van der Waals surface area contributed by atoms with Gasteiger partial charge in [0.1, 0.15) is 0 Å². The van der Waals surface area contributed by atoms with Crippen LogP contribution in [0.2, 0.25) is 0 Å². The molecule has 23 heavy (non-hydrogen) atoms. The number of allylic oxidation sites excluding steroid dienone is 2.